The lowest BCUT2D eigenvalue weighted by Crippen LogP contribution is -2.13. The van der Waals surface area contributed by atoms with Gasteiger partial charge in [-0.2, -0.15) is 18.3 Å². The molecule has 8 heteroatoms. The van der Waals surface area contributed by atoms with E-state index >= 15 is 0 Å². The maximum Gasteiger partial charge on any atom is 0.433 e. The summed E-state index contributed by atoms with van der Waals surface area (Å²) in [6.07, 6.45) is -3.24. The van der Waals surface area contributed by atoms with Gasteiger partial charge in [-0.25, -0.2) is 18.3 Å². The smallest absolute Gasteiger partial charge is 0.237 e. The van der Waals surface area contributed by atoms with E-state index in [0.717, 1.165) is 28.9 Å². The van der Waals surface area contributed by atoms with Crippen molar-refractivity contribution < 1.29 is 22.0 Å². The van der Waals surface area contributed by atoms with Crippen molar-refractivity contribution in [3.8, 4) is 5.69 Å². The van der Waals surface area contributed by atoms with Gasteiger partial charge < -0.3 is 0 Å². The summed E-state index contributed by atoms with van der Waals surface area (Å²) in [4.78, 5) is 3.22. The minimum absolute atomic E-state index is 0.129. The average Bonchev–Trinajstić information content (AvgIpc) is 3.05. The van der Waals surface area contributed by atoms with Gasteiger partial charge in [0.25, 0.3) is 0 Å². The highest BCUT2D eigenvalue weighted by molar-refractivity contribution is 5.85. The van der Waals surface area contributed by atoms with Gasteiger partial charge in [-0.1, -0.05) is 12.1 Å². The summed E-state index contributed by atoms with van der Waals surface area (Å²) < 4.78 is 67.4. The second-order valence-electron chi connectivity index (χ2n) is 5.94. The van der Waals surface area contributed by atoms with Crippen LogP contribution in [0.4, 0.5) is 22.0 Å². The Morgan fingerprint density at radius 3 is 2.36 bits per heavy atom. The van der Waals surface area contributed by atoms with E-state index in [1.165, 1.54) is 37.3 Å². The molecule has 28 heavy (non-hydrogen) atoms. The lowest BCUT2D eigenvalue weighted by atomic mass is 10.1. The molecule has 0 fully saturated rings. The second-order valence-corrected chi connectivity index (χ2v) is 5.94. The molecule has 0 radical (unpaired) electrons. The van der Waals surface area contributed by atoms with Crippen LogP contribution in [0.3, 0.4) is 0 Å². The summed E-state index contributed by atoms with van der Waals surface area (Å²) in [6.45, 7) is 8.68. The molecular weight excluding hydrogens is 377 g/mol. The van der Waals surface area contributed by atoms with Crippen LogP contribution >= 0.6 is 0 Å². The van der Waals surface area contributed by atoms with Crippen LogP contribution in [0.5, 0.6) is 0 Å². The predicted molar refractivity (Wildman–Crippen MR) is 94.1 cm³/mol. The van der Waals surface area contributed by atoms with Crippen LogP contribution < -0.4 is 0 Å². The third-order valence-corrected chi connectivity index (χ3v) is 3.89. The minimum atomic E-state index is -4.56. The highest BCUT2D eigenvalue weighted by Gasteiger charge is 2.35. The molecule has 0 bridgehead atoms. The topological polar surface area (TPSA) is 22.2 Å². The molecule has 3 nitrogen and oxygen atoms in total. The molecular formula is C20H12F5N3. The molecule has 1 aromatic heterocycles. The van der Waals surface area contributed by atoms with Crippen molar-refractivity contribution >= 4 is 11.8 Å². The molecule has 2 aromatic carbocycles. The monoisotopic (exact) mass is 389 g/mol. The maximum atomic E-state index is 13.9. The zero-order valence-corrected chi connectivity index (χ0v) is 14.4. The minimum Gasteiger partial charge on any atom is -0.237 e. The molecule has 0 N–H and O–H groups in total. The van der Waals surface area contributed by atoms with E-state index in [1.807, 2.05) is 0 Å². The first-order valence-corrected chi connectivity index (χ1v) is 7.98. The van der Waals surface area contributed by atoms with Gasteiger partial charge in [0.15, 0.2) is 5.70 Å². The summed E-state index contributed by atoms with van der Waals surface area (Å²) in [6, 6.07) is 9.45. The van der Waals surface area contributed by atoms with Crippen LogP contribution in [0.2, 0.25) is 0 Å². The number of rotatable bonds is 3. The van der Waals surface area contributed by atoms with Gasteiger partial charge in [0.05, 0.1) is 18.0 Å². The molecule has 0 saturated heterocycles. The number of hydrogen-bond acceptors (Lipinski definition) is 1. The first-order chi connectivity index (χ1) is 13.2. The molecule has 0 unspecified atom stereocenters. The first kappa shape index (κ1) is 19.3. The summed E-state index contributed by atoms with van der Waals surface area (Å²) in [7, 11) is 0. The third-order valence-electron chi connectivity index (χ3n) is 3.89. The average molecular weight is 389 g/mol. The number of aryl methyl sites for hydroxylation is 1. The summed E-state index contributed by atoms with van der Waals surface area (Å²) >= 11 is 0. The molecule has 1 heterocycles. The fourth-order valence-electron chi connectivity index (χ4n) is 2.63. The fourth-order valence-corrected chi connectivity index (χ4v) is 2.63. The van der Waals surface area contributed by atoms with Gasteiger partial charge in [0, 0.05) is 5.56 Å². The van der Waals surface area contributed by atoms with Crippen LogP contribution in [-0.2, 0) is 6.18 Å². The van der Waals surface area contributed by atoms with E-state index in [9.17, 15) is 22.0 Å². The number of nitrogens with zero attached hydrogens (tertiary/aromatic N) is 3. The summed E-state index contributed by atoms with van der Waals surface area (Å²) in [5, 5.41) is 3.86. The van der Waals surface area contributed by atoms with E-state index in [0.29, 0.717) is 5.56 Å². The van der Waals surface area contributed by atoms with Crippen molar-refractivity contribution in [3.05, 3.63) is 94.1 Å². The van der Waals surface area contributed by atoms with Gasteiger partial charge in [0.2, 0.25) is 0 Å². The van der Waals surface area contributed by atoms with Crippen molar-refractivity contribution in [2.45, 2.75) is 13.1 Å². The molecule has 0 aliphatic heterocycles. The quantitative estimate of drug-likeness (QED) is 0.311. The van der Waals surface area contributed by atoms with Crippen molar-refractivity contribution in [1.29, 1.82) is 0 Å². The third kappa shape index (κ3) is 3.93. The van der Waals surface area contributed by atoms with Gasteiger partial charge in [-0.15, -0.1) is 0 Å². The van der Waals surface area contributed by atoms with E-state index in [1.54, 1.807) is 0 Å². The van der Waals surface area contributed by atoms with Crippen LogP contribution in [0, 0.1) is 25.1 Å². The van der Waals surface area contributed by atoms with E-state index in [-0.39, 0.29) is 22.6 Å². The van der Waals surface area contributed by atoms with Crippen molar-refractivity contribution in [2.75, 3.05) is 0 Å². The highest BCUT2D eigenvalue weighted by atomic mass is 19.4. The zero-order chi connectivity index (χ0) is 20.5. The van der Waals surface area contributed by atoms with Crippen LogP contribution in [0.25, 0.3) is 22.3 Å². The highest BCUT2D eigenvalue weighted by Crippen LogP contribution is 2.31. The maximum absolute atomic E-state index is 13.9. The van der Waals surface area contributed by atoms with Crippen LogP contribution in [-0.4, -0.2) is 9.78 Å². The Bertz CT molecular complexity index is 1090. The number of benzene rings is 2. The van der Waals surface area contributed by atoms with Crippen LogP contribution in [0.1, 0.15) is 22.5 Å². The molecule has 142 valence electrons. The summed E-state index contributed by atoms with van der Waals surface area (Å²) in [5.74, 6) is -1.43. The molecule has 0 spiro atoms. The van der Waals surface area contributed by atoms with Crippen molar-refractivity contribution in [3.63, 3.8) is 0 Å². The zero-order valence-electron chi connectivity index (χ0n) is 14.4. The van der Waals surface area contributed by atoms with Crippen LogP contribution in [0.15, 0.2) is 48.5 Å². The number of hydrogen-bond donors (Lipinski definition) is 0. The first-order valence-electron chi connectivity index (χ1n) is 7.98. The van der Waals surface area contributed by atoms with E-state index in [4.69, 9.17) is 6.57 Å². The molecule has 0 aliphatic rings. The normalized spacial score (nSPS) is 12.1. The lowest BCUT2D eigenvalue weighted by molar-refractivity contribution is -0.142. The number of alkyl halides is 3. The van der Waals surface area contributed by atoms with Gasteiger partial charge >= 0.3 is 6.18 Å². The molecule has 0 saturated carbocycles. The Hall–Kier alpha value is -3.47. The largest absolute Gasteiger partial charge is 0.433 e. The van der Waals surface area contributed by atoms with E-state index < -0.39 is 23.5 Å². The predicted octanol–water partition coefficient (Wildman–Crippen LogP) is 5.90. The molecule has 3 rings (SSSR count). The Labute approximate surface area is 157 Å². The molecule has 0 atom stereocenters. The van der Waals surface area contributed by atoms with Gasteiger partial charge in [0.1, 0.15) is 17.3 Å². The molecule has 0 amide bonds. The fraction of sp³-hybridized carbons (Fsp3) is 0.100. The standard InChI is InChI=1S/C20H12F5N3/c1-12-9-19(20(23,24)25)28(27-12)15-6-3-13(4-7-15)10-18(26-2)16-11-14(21)5-8-17(16)22/h3-11H,1H3. The summed E-state index contributed by atoms with van der Waals surface area (Å²) in [5.41, 5.74) is -0.392. The van der Waals surface area contributed by atoms with Gasteiger partial charge in [-0.3, -0.25) is 0 Å². The Kier molecular flexibility index (Phi) is 5.01. The Balaban J connectivity index is 1.99. The van der Waals surface area contributed by atoms with Crippen molar-refractivity contribution in [1.82, 2.24) is 9.78 Å². The SMILES string of the molecule is [C-]#[N+]C(=Cc1ccc(-n2nc(C)cc2C(F)(F)F)cc1)c1cc(F)ccc1F. The molecule has 3 aromatic rings. The van der Waals surface area contributed by atoms with Crippen molar-refractivity contribution in [2.24, 2.45) is 0 Å². The van der Waals surface area contributed by atoms with E-state index in [2.05, 4.69) is 9.94 Å². The van der Waals surface area contributed by atoms with Gasteiger partial charge in [-0.05, 0) is 55.0 Å². The Morgan fingerprint density at radius 2 is 1.75 bits per heavy atom. The molecule has 0 aliphatic carbocycles. The number of aromatic nitrogens is 2. The second kappa shape index (κ2) is 7.27. The lowest BCUT2D eigenvalue weighted by Gasteiger charge is -2.10. The number of halogens is 5. The Morgan fingerprint density at radius 1 is 1.07 bits per heavy atom.